The number of ether oxygens (including phenoxy) is 1. The van der Waals surface area contributed by atoms with Gasteiger partial charge < -0.3 is 14.6 Å². The zero-order valence-electron chi connectivity index (χ0n) is 17.9. The quantitative estimate of drug-likeness (QED) is 0.449. The van der Waals surface area contributed by atoms with Gasteiger partial charge in [-0.2, -0.15) is 0 Å². The third-order valence-corrected chi connectivity index (χ3v) is 7.53. The highest BCUT2D eigenvalue weighted by Crippen LogP contribution is 2.35. The second kappa shape index (κ2) is 10.3. The lowest BCUT2D eigenvalue weighted by Crippen LogP contribution is -2.24. The molecule has 2 heterocycles. The van der Waals surface area contributed by atoms with Gasteiger partial charge in [-0.3, -0.25) is 4.79 Å². The van der Waals surface area contributed by atoms with Crippen LogP contribution in [0.3, 0.4) is 0 Å². The first-order valence-electron chi connectivity index (χ1n) is 10.7. The molecule has 164 valence electrons. The van der Waals surface area contributed by atoms with Gasteiger partial charge in [0, 0.05) is 23.0 Å². The Kier molecular flexibility index (Phi) is 7.29. The van der Waals surface area contributed by atoms with Crippen LogP contribution in [0.25, 0.3) is 0 Å². The number of amides is 1. The Morgan fingerprint density at radius 2 is 2.00 bits per heavy atom. The number of carbonyl (C=O) groups is 1. The van der Waals surface area contributed by atoms with Gasteiger partial charge in [0.2, 0.25) is 5.91 Å². The maximum Gasteiger partial charge on any atom is 0.237 e. The Bertz CT molecular complexity index is 980. The Hall–Kier alpha value is -2.32. The molecule has 1 saturated carbocycles. The van der Waals surface area contributed by atoms with E-state index in [1.807, 2.05) is 31.2 Å². The second-order valence-electron chi connectivity index (χ2n) is 7.79. The molecule has 0 saturated heterocycles. The van der Waals surface area contributed by atoms with Crippen LogP contribution < -0.4 is 10.1 Å². The lowest BCUT2D eigenvalue weighted by atomic mass is 9.95. The van der Waals surface area contributed by atoms with Gasteiger partial charge in [-0.25, -0.2) is 0 Å². The van der Waals surface area contributed by atoms with Crippen molar-refractivity contribution in [3.05, 3.63) is 52.5 Å². The van der Waals surface area contributed by atoms with E-state index in [4.69, 9.17) is 4.74 Å². The lowest BCUT2D eigenvalue weighted by Gasteiger charge is -2.26. The molecule has 4 rings (SSSR count). The molecule has 1 N–H and O–H groups in total. The van der Waals surface area contributed by atoms with E-state index in [0.717, 1.165) is 41.7 Å². The first-order chi connectivity index (χ1) is 15.1. The summed E-state index contributed by atoms with van der Waals surface area (Å²) in [6, 6.07) is 12.0. The molecule has 1 atom stereocenters. The van der Waals surface area contributed by atoms with E-state index in [1.165, 1.54) is 35.9 Å². The number of anilines is 1. The van der Waals surface area contributed by atoms with Gasteiger partial charge in [0.1, 0.15) is 11.6 Å². The molecule has 3 aromatic rings. The molecule has 6 nitrogen and oxygen atoms in total. The largest absolute Gasteiger partial charge is 0.497 e. The summed E-state index contributed by atoms with van der Waals surface area (Å²) in [6.45, 7) is 1.92. The zero-order valence-corrected chi connectivity index (χ0v) is 19.5. The molecular weight excluding hydrogens is 428 g/mol. The Balaban J connectivity index is 1.49. The van der Waals surface area contributed by atoms with Crippen molar-refractivity contribution < 1.29 is 9.53 Å². The van der Waals surface area contributed by atoms with Crippen LogP contribution in [0.5, 0.6) is 5.75 Å². The fourth-order valence-electron chi connectivity index (χ4n) is 3.91. The van der Waals surface area contributed by atoms with Crippen molar-refractivity contribution in [3.63, 3.8) is 0 Å². The summed E-state index contributed by atoms with van der Waals surface area (Å²) in [5, 5.41) is 14.7. The number of hydrogen-bond acceptors (Lipinski definition) is 6. The van der Waals surface area contributed by atoms with E-state index < -0.39 is 0 Å². The molecule has 0 bridgehead atoms. The van der Waals surface area contributed by atoms with Crippen LogP contribution in [-0.4, -0.2) is 33.0 Å². The van der Waals surface area contributed by atoms with Gasteiger partial charge in [0.25, 0.3) is 0 Å². The van der Waals surface area contributed by atoms with Gasteiger partial charge in [0.05, 0.1) is 12.4 Å². The van der Waals surface area contributed by atoms with Gasteiger partial charge >= 0.3 is 0 Å². The monoisotopic (exact) mass is 456 g/mol. The molecular formula is C23H28N4O2S2. The summed E-state index contributed by atoms with van der Waals surface area (Å²) in [4.78, 5) is 14.1. The summed E-state index contributed by atoms with van der Waals surface area (Å²) in [5.74, 6) is 1.71. The van der Waals surface area contributed by atoms with Gasteiger partial charge in [-0.15, -0.1) is 21.5 Å². The Morgan fingerprint density at radius 3 is 2.68 bits per heavy atom. The number of rotatable bonds is 8. The summed E-state index contributed by atoms with van der Waals surface area (Å²) < 4.78 is 7.48. The first kappa shape index (κ1) is 21.9. The minimum absolute atomic E-state index is 0.0480. The number of aromatic nitrogens is 3. The second-order valence-corrected chi connectivity index (χ2v) is 10.1. The average molecular weight is 457 g/mol. The smallest absolute Gasteiger partial charge is 0.237 e. The number of methoxy groups -OCH3 is 1. The van der Waals surface area contributed by atoms with Crippen LogP contribution in [0, 0.1) is 0 Å². The van der Waals surface area contributed by atoms with E-state index >= 15 is 0 Å². The van der Waals surface area contributed by atoms with Crippen molar-refractivity contribution in [2.24, 2.45) is 0 Å². The highest BCUT2D eigenvalue weighted by atomic mass is 32.2. The zero-order chi connectivity index (χ0) is 21.6. The summed E-state index contributed by atoms with van der Waals surface area (Å²) in [6.07, 6.45) is 6.85. The summed E-state index contributed by atoms with van der Waals surface area (Å²) in [5.41, 5.74) is 0.755. The molecule has 1 aromatic carbocycles. The van der Waals surface area contributed by atoms with Crippen LogP contribution in [0.4, 0.5) is 5.69 Å². The van der Waals surface area contributed by atoms with Crippen LogP contribution in [0.15, 0.2) is 46.9 Å². The summed E-state index contributed by atoms with van der Waals surface area (Å²) in [7, 11) is 1.63. The lowest BCUT2D eigenvalue weighted by molar-refractivity contribution is -0.115. The minimum atomic E-state index is -0.289. The number of carbonyl (C=O) groups excluding carboxylic acids is 1. The predicted molar refractivity (Wildman–Crippen MR) is 126 cm³/mol. The number of nitrogens with zero attached hydrogens (tertiary/aromatic N) is 3. The topological polar surface area (TPSA) is 69.0 Å². The number of thioether (sulfide) groups is 1. The third kappa shape index (κ3) is 5.49. The van der Waals surface area contributed by atoms with Gasteiger partial charge in [0.15, 0.2) is 5.16 Å². The van der Waals surface area contributed by atoms with E-state index in [-0.39, 0.29) is 11.2 Å². The summed E-state index contributed by atoms with van der Waals surface area (Å²) >= 11 is 3.23. The fraction of sp³-hybridized carbons (Fsp3) is 0.435. The Labute approximate surface area is 191 Å². The predicted octanol–water partition coefficient (Wildman–Crippen LogP) is 5.56. The SMILES string of the molecule is COc1ccc(NC(=O)C(C)Sc2nnc(Cc3cccs3)n2C2CCCCC2)cc1. The van der Waals surface area contributed by atoms with Crippen molar-refractivity contribution >= 4 is 34.7 Å². The molecule has 0 spiro atoms. The van der Waals surface area contributed by atoms with E-state index in [2.05, 4.69) is 37.6 Å². The molecule has 1 unspecified atom stereocenters. The molecule has 1 fully saturated rings. The Morgan fingerprint density at radius 1 is 1.23 bits per heavy atom. The molecule has 8 heteroatoms. The van der Waals surface area contributed by atoms with E-state index in [1.54, 1.807) is 18.4 Å². The van der Waals surface area contributed by atoms with E-state index in [9.17, 15) is 4.79 Å². The van der Waals surface area contributed by atoms with Gasteiger partial charge in [-0.05, 0) is 55.5 Å². The minimum Gasteiger partial charge on any atom is -0.497 e. The number of hydrogen-bond donors (Lipinski definition) is 1. The number of thiophene rings is 1. The van der Waals surface area contributed by atoms with Crippen LogP contribution >= 0.6 is 23.1 Å². The van der Waals surface area contributed by atoms with Crippen LogP contribution in [0.1, 0.15) is 55.8 Å². The van der Waals surface area contributed by atoms with E-state index in [0.29, 0.717) is 6.04 Å². The maximum absolute atomic E-state index is 12.8. The molecule has 0 aliphatic heterocycles. The fourth-order valence-corrected chi connectivity index (χ4v) is 5.55. The van der Waals surface area contributed by atoms with Crippen molar-refractivity contribution in [3.8, 4) is 5.75 Å². The first-order valence-corrected chi connectivity index (χ1v) is 12.5. The molecule has 1 aliphatic rings. The number of nitrogens with one attached hydrogen (secondary N) is 1. The van der Waals surface area contributed by atoms with Gasteiger partial charge in [-0.1, -0.05) is 37.1 Å². The molecule has 0 radical (unpaired) electrons. The average Bonchev–Trinajstić information content (AvgIpc) is 3.45. The molecule has 2 aromatic heterocycles. The highest BCUT2D eigenvalue weighted by molar-refractivity contribution is 8.00. The maximum atomic E-state index is 12.8. The third-order valence-electron chi connectivity index (χ3n) is 5.60. The molecule has 31 heavy (non-hydrogen) atoms. The van der Waals surface area contributed by atoms with Crippen molar-refractivity contribution in [1.82, 2.24) is 14.8 Å². The van der Waals surface area contributed by atoms with Crippen molar-refractivity contribution in [1.29, 1.82) is 0 Å². The highest BCUT2D eigenvalue weighted by Gasteiger charge is 2.26. The molecule has 1 aliphatic carbocycles. The normalized spacial score (nSPS) is 15.5. The van der Waals surface area contributed by atoms with Crippen molar-refractivity contribution in [2.75, 3.05) is 12.4 Å². The van der Waals surface area contributed by atoms with Crippen LogP contribution in [-0.2, 0) is 11.2 Å². The van der Waals surface area contributed by atoms with Crippen molar-refractivity contribution in [2.45, 2.75) is 61.9 Å². The van der Waals surface area contributed by atoms with Crippen LogP contribution in [0.2, 0.25) is 0 Å². The molecule has 1 amide bonds. The number of benzene rings is 1. The standard InChI is InChI=1S/C23H28N4O2S2/c1-16(22(28)24-17-10-12-19(29-2)13-11-17)31-23-26-25-21(15-20-9-6-14-30-20)27(23)18-7-4-3-5-8-18/h6,9-14,16,18H,3-5,7-8,15H2,1-2H3,(H,24,28).